The SMILES string of the molecule is CCC1CN(C(=NC)NCc2ccc([N+](=O)[O-])cc2)CCS1.I. The Balaban J connectivity index is 0.00000264. The summed E-state index contributed by atoms with van der Waals surface area (Å²) in [5, 5.41) is 14.7. The Morgan fingerprint density at radius 1 is 1.48 bits per heavy atom. The molecule has 128 valence electrons. The number of thioether (sulfide) groups is 1. The Kier molecular flexibility index (Phi) is 8.67. The van der Waals surface area contributed by atoms with Crippen LogP contribution in [0.3, 0.4) is 0 Å². The Bertz CT molecular complexity index is 539. The van der Waals surface area contributed by atoms with Gasteiger partial charge in [0.2, 0.25) is 0 Å². The van der Waals surface area contributed by atoms with Crippen LogP contribution >= 0.6 is 35.7 Å². The van der Waals surface area contributed by atoms with Crippen molar-refractivity contribution in [3.63, 3.8) is 0 Å². The molecule has 1 saturated heterocycles. The average molecular weight is 450 g/mol. The zero-order valence-corrected chi connectivity index (χ0v) is 16.5. The lowest BCUT2D eigenvalue weighted by atomic mass is 10.2. The van der Waals surface area contributed by atoms with E-state index < -0.39 is 0 Å². The number of hydrogen-bond acceptors (Lipinski definition) is 4. The van der Waals surface area contributed by atoms with E-state index in [4.69, 9.17) is 0 Å². The molecule has 1 aliphatic rings. The van der Waals surface area contributed by atoms with Crippen molar-refractivity contribution in [2.75, 3.05) is 25.9 Å². The van der Waals surface area contributed by atoms with E-state index in [0.29, 0.717) is 11.8 Å². The molecule has 0 saturated carbocycles. The lowest BCUT2D eigenvalue weighted by Gasteiger charge is -2.34. The van der Waals surface area contributed by atoms with Crippen LogP contribution in [0.15, 0.2) is 29.3 Å². The molecule has 1 aliphatic heterocycles. The summed E-state index contributed by atoms with van der Waals surface area (Å²) in [5.41, 5.74) is 1.12. The minimum Gasteiger partial charge on any atom is -0.352 e. The van der Waals surface area contributed by atoms with E-state index in [9.17, 15) is 10.1 Å². The molecule has 1 unspecified atom stereocenters. The van der Waals surface area contributed by atoms with Crippen molar-refractivity contribution in [1.29, 1.82) is 0 Å². The lowest BCUT2D eigenvalue weighted by Crippen LogP contribution is -2.47. The van der Waals surface area contributed by atoms with Crippen molar-refractivity contribution < 1.29 is 4.92 Å². The van der Waals surface area contributed by atoms with E-state index in [1.54, 1.807) is 19.2 Å². The van der Waals surface area contributed by atoms with Gasteiger partial charge in [0.15, 0.2) is 5.96 Å². The van der Waals surface area contributed by atoms with Crippen molar-refractivity contribution in [3.05, 3.63) is 39.9 Å². The van der Waals surface area contributed by atoms with Crippen molar-refractivity contribution in [2.45, 2.75) is 25.1 Å². The molecular formula is C15H23IN4O2S. The summed E-state index contributed by atoms with van der Waals surface area (Å²) < 4.78 is 0. The highest BCUT2D eigenvalue weighted by Crippen LogP contribution is 2.21. The topological polar surface area (TPSA) is 70.8 Å². The summed E-state index contributed by atoms with van der Waals surface area (Å²) in [4.78, 5) is 16.9. The number of aliphatic imine (C=N–C) groups is 1. The molecule has 1 aromatic carbocycles. The molecular weight excluding hydrogens is 427 g/mol. The smallest absolute Gasteiger partial charge is 0.269 e. The van der Waals surface area contributed by atoms with Crippen LogP contribution in [0.2, 0.25) is 0 Å². The first kappa shape index (κ1) is 20.0. The maximum absolute atomic E-state index is 10.7. The third-order valence-corrected chi connectivity index (χ3v) is 5.08. The van der Waals surface area contributed by atoms with Gasteiger partial charge in [0.05, 0.1) is 4.92 Å². The molecule has 0 amide bonds. The van der Waals surface area contributed by atoms with Gasteiger partial charge in [-0.15, -0.1) is 24.0 Å². The minimum absolute atomic E-state index is 0. The molecule has 2 rings (SSSR count). The molecule has 0 aromatic heterocycles. The van der Waals surface area contributed by atoms with Crippen LogP contribution in [-0.4, -0.2) is 46.9 Å². The molecule has 1 aromatic rings. The van der Waals surface area contributed by atoms with Crippen molar-refractivity contribution >= 4 is 47.4 Å². The molecule has 0 spiro atoms. The largest absolute Gasteiger partial charge is 0.352 e. The molecule has 0 bridgehead atoms. The molecule has 6 nitrogen and oxygen atoms in total. The summed E-state index contributed by atoms with van der Waals surface area (Å²) in [6.07, 6.45) is 1.17. The Morgan fingerprint density at radius 2 is 2.17 bits per heavy atom. The quantitative estimate of drug-likeness (QED) is 0.251. The van der Waals surface area contributed by atoms with Crippen molar-refractivity contribution in [2.24, 2.45) is 4.99 Å². The fourth-order valence-electron chi connectivity index (χ4n) is 2.41. The van der Waals surface area contributed by atoms with Gasteiger partial charge >= 0.3 is 0 Å². The number of guanidine groups is 1. The number of nitro benzene ring substituents is 1. The van der Waals surface area contributed by atoms with Gasteiger partial charge in [-0.1, -0.05) is 19.1 Å². The van der Waals surface area contributed by atoms with Crippen LogP contribution in [0, 0.1) is 10.1 Å². The van der Waals surface area contributed by atoms with E-state index in [1.165, 1.54) is 18.6 Å². The molecule has 8 heteroatoms. The monoisotopic (exact) mass is 450 g/mol. The first-order valence-electron chi connectivity index (χ1n) is 7.44. The minimum atomic E-state index is -0.383. The summed E-state index contributed by atoms with van der Waals surface area (Å²) in [5.74, 6) is 2.02. The predicted molar refractivity (Wildman–Crippen MR) is 107 cm³/mol. The highest BCUT2D eigenvalue weighted by Gasteiger charge is 2.21. The predicted octanol–water partition coefficient (Wildman–Crippen LogP) is 3.12. The van der Waals surface area contributed by atoms with Crippen LogP contribution in [0.25, 0.3) is 0 Å². The van der Waals surface area contributed by atoms with Crippen LogP contribution < -0.4 is 5.32 Å². The third-order valence-electron chi connectivity index (χ3n) is 3.70. The van der Waals surface area contributed by atoms with Crippen LogP contribution in [-0.2, 0) is 6.54 Å². The average Bonchev–Trinajstić information content (AvgIpc) is 2.56. The van der Waals surface area contributed by atoms with Gasteiger partial charge in [0.25, 0.3) is 5.69 Å². The summed E-state index contributed by atoms with van der Waals surface area (Å²) in [6.45, 7) is 4.85. The standard InChI is InChI=1S/C15H22N4O2S.HI/c1-3-14-11-18(8-9-22-14)15(16-2)17-10-12-4-6-13(7-5-12)19(20)21;/h4-7,14H,3,8-11H2,1-2H3,(H,16,17);1H. The summed E-state index contributed by atoms with van der Waals surface area (Å²) in [6, 6.07) is 6.62. The highest BCUT2D eigenvalue weighted by atomic mass is 127. The summed E-state index contributed by atoms with van der Waals surface area (Å²) in [7, 11) is 1.79. The van der Waals surface area contributed by atoms with E-state index in [1.807, 2.05) is 11.8 Å². The Morgan fingerprint density at radius 3 is 2.74 bits per heavy atom. The van der Waals surface area contributed by atoms with Gasteiger partial charge in [-0.2, -0.15) is 11.8 Å². The first-order valence-corrected chi connectivity index (χ1v) is 8.49. The molecule has 0 aliphatic carbocycles. The van der Waals surface area contributed by atoms with Gasteiger partial charge < -0.3 is 10.2 Å². The molecule has 1 atom stereocenters. The molecule has 1 fully saturated rings. The van der Waals surface area contributed by atoms with Crippen molar-refractivity contribution in [1.82, 2.24) is 10.2 Å². The maximum atomic E-state index is 10.7. The number of rotatable bonds is 4. The van der Waals surface area contributed by atoms with E-state index in [0.717, 1.165) is 30.4 Å². The molecule has 23 heavy (non-hydrogen) atoms. The van der Waals surface area contributed by atoms with Gasteiger partial charge in [0.1, 0.15) is 0 Å². The van der Waals surface area contributed by atoms with Crippen molar-refractivity contribution in [3.8, 4) is 0 Å². The number of nitrogens with one attached hydrogen (secondary N) is 1. The molecule has 1 N–H and O–H groups in total. The van der Waals surface area contributed by atoms with Crippen LogP contribution in [0.4, 0.5) is 5.69 Å². The zero-order chi connectivity index (χ0) is 15.9. The van der Waals surface area contributed by atoms with E-state index in [2.05, 4.69) is 22.1 Å². The number of nitrogens with zero attached hydrogens (tertiary/aromatic N) is 3. The van der Waals surface area contributed by atoms with E-state index >= 15 is 0 Å². The first-order chi connectivity index (χ1) is 10.6. The fraction of sp³-hybridized carbons (Fsp3) is 0.533. The fourth-order valence-corrected chi connectivity index (χ4v) is 3.59. The second-order valence-electron chi connectivity index (χ2n) is 5.17. The highest BCUT2D eigenvalue weighted by molar-refractivity contribution is 14.0. The van der Waals surface area contributed by atoms with Gasteiger partial charge in [0, 0.05) is 49.8 Å². The Labute approximate surface area is 158 Å². The zero-order valence-electron chi connectivity index (χ0n) is 13.4. The third kappa shape index (κ3) is 5.83. The van der Waals surface area contributed by atoms with Gasteiger partial charge in [-0.3, -0.25) is 15.1 Å². The summed E-state index contributed by atoms with van der Waals surface area (Å²) >= 11 is 2.03. The number of halogens is 1. The van der Waals surface area contributed by atoms with Gasteiger partial charge in [-0.05, 0) is 12.0 Å². The number of benzene rings is 1. The molecule has 1 heterocycles. The van der Waals surface area contributed by atoms with Crippen LogP contribution in [0.1, 0.15) is 18.9 Å². The lowest BCUT2D eigenvalue weighted by molar-refractivity contribution is -0.384. The number of non-ortho nitro benzene ring substituents is 1. The second kappa shape index (κ2) is 9.96. The number of nitro groups is 1. The Hall–Kier alpha value is -1.03. The van der Waals surface area contributed by atoms with Crippen LogP contribution in [0.5, 0.6) is 0 Å². The number of hydrogen-bond donors (Lipinski definition) is 1. The maximum Gasteiger partial charge on any atom is 0.269 e. The normalized spacial score (nSPS) is 18.3. The van der Waals surface area contributed by atoms with E-state index in [-0.39, 0.29) is 34.6 Å². The van der Waals surface area contributed by atoms with Gasteiger partial charge in [-0.25, -0.2) is 0 Å². The second-order valence-corrected chi connectivity index (χ2v) is 6.58. The molecule has 0 radical (unpaired) electrons.